The van der Waals surface area contributed by atoms with E-state index in [1.807, 2.05) is 0 Å². The second-order valence-corrected chi connectivity index (χ2v) is 11.9. The van der Waals surface area contributed by atoms with Gasteiger partial charge < -0.3 is 4.90 Å². The minimum Gasteiger partial charge on any atom is -0.310 e. The summed E-state index contributed by atoms with van der Waals surface area (Å²) in [6.07, 6.45) is 2.64. The van der Waals surface area contributed by atoms with Crippen LogP contribution in [0.5, 0.6) is 0 Å². The van der Waals surface area contributed by atoms with Crippen LogP contribution < -0.4 is 9.62 Å². The van der Waals surface area contributed by atoms with E-state index in [4.69, 9.17) is 0 Å². The number of carbonyl (C=O) groups is 2. The molecule has 38 heavy (non-hydrogen) atoms. The first-order chi connectivity index (χ1) is 17.8. The highest BCUT2D eigenvalue weighted by atomic mass is 32.2. The van der Waals surface area contributed by atoms with Crippen molar-refractivity contribution >= 4 is 43.2 Å². The molecule has 0 aliphatic carbocycles. The van der Waals surface area contributed by atoms with Crippen LogP contribution in [0.15, 0.2) is 78.0 Å². The number of nitrogens with zero attached hydrogens (tertiary/aromatic N) is 3. The molecule has 15 heteroatoms. The van der Waals surface area contributed by atoms with Gasteiger partial charge in [-0.15, -0.1) is 0 Å². The van der Waals surface area contributed by atoms with E-state index >= 15 is 0 Å². The normalized spacial score (nSPS) is 14.7. The Morgan fingerprint density at radius 2 is 1.58 bits per heavy atom. The third kappa shape index (κ3) is 5.62. The Kier molecular flexibility index (Phi) is 7.16. The summed E-state index contributed by atoms with van der Waals surface area (Å²) in [5, 5.41) is 0. The summed E-state index contributed by atoms with van der Waals surface area (Å²) in [5.41, 5.74) is -4.64. The van der Waals surface area contributed by atoms with Crippen LogP contribution in [-0.4, -0.2) is 50.7 Å². The largest absolute Gasteiger partial charge is 0.501 e. The second kappa shape index (κ2) is 10.1. The molecule has 0 radical (unpaired) electrons. The van der Waals surface area contributed by atoms with E-state index in [2.05, 4.69) is 9.71 Å². The SMILES string of the molecule is O=C1CN(Cc2ccncc2NS(=O)(=O)Cc2ccccc2)C(=O)N1c1ccc(S(=O)(=O)C(F)(F)F)cc1. The summed E-state index contributed by atoms with van der Waals surface area (Å²) in [6.45, 7) is -0.590. The highest BCUT2D eigenvalue weighted by Gasteiger charge is 2.47. The Morgan fingerprint density at radius 1 is 0.921 bits per heavy atom. The average molecular weight is 569 g/mol. The molecular weight excluding hydrogens is 549 g/mol. The van der Waals surface area contributed by atoms with E-state index < -0.39 is 48.7 Å². The van der Waals surface area contributed by atoms with Crippen molar-refractivity contribution in [3.8, 4) is 0 Å². The molecule has 0 bridgehead atoms. The van der Waals surface area contributed by atoms with Crippen molar-refractivity contribution in [1.29, 1.82) is 0 Å². The maximum atomic E-state index is 13.0. The monoisotopic (exact) mass is 568 g/mol. The molecule has 2 aromatic carbocycles. The topological polar surface area (TPSA) is 134 Å². The zero-order valence-electron chi connectivity index (χ0n) is 19.3. The fourth-order valence-corrected chi connectivity index (χ4v) is 5.68. The molecule has 1 aliphatic rings. The summed E-state index contributed by atoms with van der Waals surface area (Å²) in [5.74, 6) is -1.02. The summed E-state index contributed by atoms with van der Waals surface area (Å²) >= 11 is 0. The van der Waals surface area contributed by atoms with Crippen LogP contribution in [0, 0.1) is 0 Å². The van der Waals surface area contributed by atoms with Gasteiger partial charge in [0.2, 0.25) is 10.0 Å². The zero-order valence-corrected chi connectivity index (χ0v) is 20.9. The van der Waals surface area contributed by atoms with E-state index in [1.54, 1.807) is 30.3 Å². The third-order valence-corrected chi connectivity index (χ3v) is 8.23. The number of amides is 3. The summed E-state index contributed by atoms with van der Waals surface area (Å²) in [4.78, 5) is 30.2. The molecule has 3 amide bonds. The van der Waals surface area contributed by atoms with Crippen molar-refractivity contribution in [1.82, 2.24) is 9.88 Å². The Hall–Kier alpha value is -3.98. The molecule has 1 aromatic heterocycles. The van der Waals surface area contributed by atoms with Gasteiger partial charge in [0.15, 0.2) is 0 Å². The number of benzene rings is 2. The van der Waals surface area contributed by atoms with Gasteiger partial charge in [0.25, 0.3) is 15.7 Å². The number of aromatic nitrogens is 1. The van der Waals surface area contributed by atoms with Crippen molar-refractivity contribution in [2.75, 3.05) is 16.2 Å². The summed E-state index contributed by atoms with van der Waals surface area (Å²) in [6, 6.07) is 12.3. The van der Waals surface area contributed by atoms with Gasteiger partial charge in [0, 0.05) is 6.20 Å². The number of rotatable bonds is 8. The number of alkyl halides is 3. The van der Waals surface area contributed by atoms with Crippen molar-refractivity contribution in [2.45, 2.75) is 22.7 Å². The molecule has 0 saturated carbocycles. The van der Waals surface area contributed by atoms with E-state index in [-0.39, 0.29) is 23.7 Å². The van der Waals surface area contributed by atoms with Gasteiger partial charge in [-0.3, -0.25) is 14.5 Å². The molecule has 10 nitrogen and oxygen atoms in total. The van der Waals surface area contributed by atoms with Gasteiger partial charge in [-0.2, -0.15) is 13.2 Å². The third-order valence-electron chi connectivity index (χ3n) is 5.48. The van der Waals surface area contributed by atoms with Crippen molar-refractivity contribution in [3.63, 3.8) is 0 Å². The smallest absolute Gasteiger partial charge is 0.310 e. The van der Waals surface area contributed by atoms with Crippen LogP contribution in [-0.2, 0) is 37.0 Å². The number of anilines is 2. The van der Waals surface area contributed by atoms with Crippen molar-refractivity contribution in [2.24, 2.45) is 0 Å². The lowest BCUT2D eigenvalue weighted by atomic mass is 10.2. The van der Waals surface area contributed by atoms with Crippen LogP contribution >= 0.6 is 0 Å². The molecular formula is C23H19F3N4O6S2. The predicted octanol–water partition coefficient (Wildman–Crippen LogP) is 3.29. The van der Waals surface area contributed by atoms with Gasteiger partial charge >= 0.3 is 11.5 Å². The molecule has 0 atom stereocenters. The van der Waals surface area contributed by atoms with E-state index in [9.17, 15) is 39.6 Å². The first-order valence-electron chi connectivity index (χ1n) is 10.8. The first-order valence-corrected chi connectivity index (χ1v) is 13.9. The number of carbonyl (C=O) groups excluding carboxylic acids is 2. The van der Waals surface area contributed by atoms with Crippen LogP contribution in [0.1, 0.15) is 11.1 Å². The molecule has 0 unspecified atom stereocenters. The molecule has 4 rings (SSSR count). The summed E-state index contributed by atoms with van der Waals surface area (Å²) in [7, 11) is -9.44. The highest BCUT2D eigenvalue weighted by Crippen LogP contribution is 2.32. The Balaban J connectivity index is 1.51. The van der Waals surface area contributed by atoms with E-state index in [0.29, 0.717) is 28.2 Å². The quantitative estimate of drug-likeness (QED) is 0.412. The van der Waals surface area contributed by atoms with Crippen molar-refractivity contribution in [3.05, 3.63) is 84.2 Å². The molecule has 0 spiro atoms. The molecule has 200 valence electrons. The lowest BCUT2D eigenvalue weighted by Gasteiger charge is -2.19. The number of hydrogen-bond acceptors (Lipinski definition) is 7. The fraction of sp³-hybridized carbons (Fsp3) is 0.174. The number of halogens is 3. The second-order valence-electron chi connectivity index (χ2n) is 8.19. The van der Waals surface area contributed by atoms with Crippen molar-refractivity contribution < 1.29 is 39.6 Å². The van der Waals surface area contributed by atoms with Gasteiger partial charge in [-0.25, -0.2) is 26.5 Å². The van der Waals surface area contributed by atoms with Gasteiger partial charge in [-0.05, 0) is 41.5 Å². The van der Waals surface area contributed by atoms with E-state index in [0.717, 1.165) is 17.0 Å². The lowest BCUT2D eigenvalue weighted by molar-refractivity contribution is -0.116. The van der Waals surface area contributed by atoms with Crippen LogP contribution in [0.25, 0.3) is 0 Å². The van der Waals surface area contributed by atoms with E-state index in [1.165, 1.54) is 18.5 Å². The lowest BCUT2D eigenvalue weighted by Crippen LogP contribution is -2.33. The van der Waals surface area contributed by atoms with Crippen LogP contribution in [0.2, 0.25) is 0 Å². The number of pyridine rings is 1. The Morgan fingerprint density at radius 3 is 2.21 bits per heavy atom. The fourth-order valence-electron chi connectivity index (χ4n) is 3.69. The first kappa shape index (κ1) is 27.1. The average Bonchev–Trinajstić information content (AvgIpc) is 3.12. The maximum Gasteiger partial charge on any atom is 0.501 e. The van der Waals surface area contributed by atoms with Crippen LogP contribution in [0.3, 0.4) is 0 Å². The number of hydrogen-bond donors (Lipinski definition) is 1. The summed E-state index contributed by atoms with van der Waals surface area (Å²) < 4.78 is 89.3. The Bertz CT molecular complexity index is 1580. The Labute approximate surface area is 215 Å². The van der Waals surface area contributed by atoms with Gasteiger partial charge in [0.05, 0.1) is 34.8 Å². The minimum absolute atomic E-state index is 0.101. The number of urea groups is 1. The standard InChI is InChI=1S/C23H19F3N4O6S2/c24-23(25,26)38(35,36)19-8-6-18(7-9-19)30-21(31)14-29(22(30)32)13-17-10-11-27-12-20(17)28-37(33,34)15-16-4-2-1-3-5-16/h1-12,28H,13-15H2. The molecule has 1 N–H and O–H groups in total. The molecule has 1 aliphatic heterocycles. The number of nitrogens with one attached hydrogen (secondary N) is 1. The maximum absolute atomic E-state index is 13.0. The van der Waals surface area contributed by atoms with Crippen LogP contribution in [0.4, 0.5) is 29.3 Å². The predicted molar refractivity (Wildman–Crippen MR) is 130 cm³/mol. The molecule has 1 fully saturated rings. The zero-order chi connectivity index (χ0) is 27.7. The number of imide groups is 1. The molecule has 2 heterocycles. The minimum atomic E-state index is -5.60. The number of sulfonamides is 1. The van der Waals surface area contributed by atoms with Gasteiger partial charge in [0.1, 0.15) is 6.54 Å². The highest BCUT2D eigenvalue weighted by molar-refractivity contribution is 7.92. The van der Waals surface area contributed by atoms with Gasteiger partial charge in [-0.1, -0.05) is 30.3 Å². The molecule has 3 aromatic rings. The molecule has 1 saturated heterocycles. The number of sulfone groups is 1.